The van der Waals surface area contributed by atoms with Crippen LogP contribution in [0.4, 0.5) is 24.5 Å². The number of nitro benzene ring substituents is 1. The molecule has 1 aromatic heterocycles. The molecule has 2 aromatic carbocycles. The van der Waals surface area contributed by atoms with Gasteiger partial charge < -0.3 is 5.32 Å². The number of benzene rings is 2. The summed E-state index contributed by atoms with van der Waals surface area (Å²) < 4.78 is 40.9. The number of anilines is 1. The van der Waals surface area contributed by atoms with Crippen LogP contribution in [0.15, 0.2) is 53.7 Å². The number of hydrogen-bond donors (Lipinski definition) is 1. The van der Waals surface area contributed by atoms with Gasteiger partial charge in [-0.05, 0) is 28.6 Å². The quantitative estimate of drug-likeness (QED) is 0.367. The fourth-order valence-electron chi connectivity index (χ4n) is 2.31. The summed E-state index contributed by atoms with van der Waals surface area (Å²) in [7, 11) is 0. The number of hydrogen-bond acceptors (Lipinski definition) is 7. The van der Waals surface area contributed by atoms with Crippen molar-refractivity contribution in [2.45, 2.75) is 11.3 Å². The summed E-state index contributed by atoms with van der Waals surface area (Å²) in [6.07, 6.45) is -4.88. The normalized spacial score (nSPS) is 11.3. The van der Waals surface area contributed by atoms with E-state index < -0.39 is 33.9 Å². The van der Waals surface area contributed by atoms with E-state index in [9.17, 15) is 28.1 Å². The molecule has 9 nitrogen and oxygen atoms in total. The number of nitrogens with one attached hydrogen (secondary N) is 1. The number of thioether (sulfide) groups is 1. The molecule has 1 heterocycles. The maximum Gasteiger partial charge on any atom is 0.418 e. The number of non-ortho nitro benzene ring substituents is 1. The van der Waals surface area contributed by atoms with Crippen molar-refractivity contribution in [1.29, 1.82) is 0 Å². The Morgan fingerprint density at radius 1 is 1.21 bits per heavy atom. The van der Waals surface area contributed by atoms with Gasteiger partial charge in [0.2, 0.25) is 11.1 Å². The van der Waals surface area contributed by atoms with Crippen molar-refractivity contribution in [3.8, 4) is 5.69 Å². The zero-order chi connectivity index (χ0) is 21.0. The van der Waals surface area contributed by atoms with Crippen LogP contribution < -0.4 is 5.32 Å². The first-order chi connectivity index (χ1) is 13.8. The Balaban J connectivity index is 1.73. The van der Waals surface area contributed by atoms with E-state index in [1.54, 1.807) is 30.3 Å². The van der Waals surface area contributed by atoms with E-state index in [2.05, 4.69) is 20.8 Å². The maximum absolute atomic E-state index is 13.2. The minimum absolute atomic E-state index is 0.270. The van der Waals surface area contributed by atoms with E-state index in [0.29, 0.717) is 11.8 Å². The highest BCUT2D eigenvalue weighted by molar-refractivity contribution is 7.99. The molecule has 0 atom stereocenters. The molecule has 0 aliphatic rings. The number of nitrogens with zero attached hydrogens (tertiary/aromatic N) is 5. The third-order valence-corrected chi connectivity index (χ3v) is 4.49. The van der Waals surface area contributed by atoms with Gasteiger partial charge in [0.05, 0.1) is 27.6 Å². The fraction of sp³-hybridized carbons (Fsp3) is 0.125. The van der Waals surface area contributed by atoms with Crippen molar-refractivity contribution in [2.75, 3.05) is 11.1 Å². The highest BCUT2D eigenvalue weighted by Gasteiger charge is 2.35. The molecular formula is C16H11F3N6O3S. The fourth-order valence-corrected chi connectivity index (χ4v) is 3.00. The van der Waals surface area contributed by atoms with Gasteiger partial charge in [0.1, 0.15) is 0 Å². The van der Waals surface area contributed by atoms with Crippen molar-refractivity contribution < 1.29 is 22.9 Å². The second-order valence-electron chi connectivity index (χ2n) is 5.53. The number of tetrazole rings is 1. The average Bonchev–Trinajstić information content (AvgIpc) is 3.15. The van der Waals surface area contributed by atoms with Gasteiger partial charge in [-0.1, -0.05) is 30.0 Å². The summed E-state index contributed by atoms with van der Waals surface area (Å²) in [5, 5.41) is 24.2. The summed E-state index contributed by atoms with van der Waals surface area (Å²) in [4.78, 5) is 21.9. The second-order valence-corrected chi connectivity index (χ2v) is 6.47. The lowest BCUT2D eigenvalue weighted by Crippen LogP contribution is -2.18. The third kappa shape index (κ3) is 4.87. The number of amides is 1. The van der Waals surface area contributed by atoms with Crippen LogP contribution in [-0.4, -0.2) is 36.8 Å². The lowest BCUT2D eigenvalue weighted by atomic mass is 10.1. The Morgan fingerprint density at radius 2 is 1.93 bits per heavy atom. The number of aromatic nitrogens is 4. The first-order valence-corrected chi connectivity index (χ1v) is 8.86. The molecule has 0 fully saturated rings. The smallest absolute Gasteiger partial charge is 0.325 e. The van der Waals surface area contributed by atoms with Crippen molar-refractivity contribution in [3.05, 3.63) is 64.2 Å². The number of alkyl halides is 3. The largest absolute Gasteiger partial charge is 0.418 e. The Kier molecular flexibility index (Phi) is 5.77. The molecule has 0 aliphatic heterocycles. The molecule has 1 N–H and O–H groups in total. The summed E-state index contributed by atoms with van der Waals surface area (Å²) in [6.45, 7) is 0. The first kappa shape index (κ1) is 20.3. The van der Waals surface area contributed by atoms with Crippen LogP contribution >= 0.6 is 11.8 Å². The number of carbonyl (C=O) groups is 1. The lowest BCUT2D eigenvalue weighted by Gasteiger charge is -2.13. The molecule has 3 aromatic rings. The molecule has 13 heteroatoms. The van der Waals surface area contributed by atoms with Crippen LogP contribution in [0.5, 0.6) is 0 Å². The Labute approximate surface area is 165 Å². The predicted molar refractivity (Wildman–Crippen MR) is 96.6 cm³/mol. The number of nitro groups is 1. The number of halogens is 3. The van der Waals surface area contributed by atoms with Crippen LogP contribution in [0.1, 0.15) is 5.56 Å². The molecular weight excluding hydrogens is 413 g/mol. The second kappa shape index (κ2) is 8.26. The maximum atomic E-state index is 13.2. The van der Waals surface area contributed by atoms with Gasteiger partial charge in [-0.3, -0.25) is 14.9 Å². The minimum Gasteiger partial charge on any atom is -0.325 e. The number of carbonyl (C=O) groups excluding carboxylic acids is 1. The summed E-state index contributed by atoms with van der Waals surface area (Å²) in [5.74, 6) is -1.03. The van der Waals surface area contributed by atoms with Crippen molar-refractivity contribution in [3.63, 3.8) is 0 Å². The van der Waals surface area contributed by atoms with Crippen LogP contribution in [-0.2, 0) is 11.0 Å². The Bertz CT molecular complexity index is 1040. The zero-order valence-corrected chi connectivity index (χ0v) is 15.1. The van der Waals surface area contributed by atoms with Crippen LogP contribution in [0.25, 0.3) is 5.69 Å². The molecule has 1 amide bonds. The Hall–Kier alpha value is -3.48. The van der Waals surface area contributed by atoms with Crippen molar-refractivity contribution in [2.24, 2.45) is 0 Å². The summed E-state index contributed by atoms with van der Waals surface area (Å²) in [5.41, 5.74) is -1.96. The molecule has 150 valence electrons. The molecule has 0 radical (unpaired) electrons. The first-order valence-electron chi connectivity index (χ1n) is 7.88. The van der Waals surface area contributed by atoms with Crippen LogP contribution in [0, 0.1) is 10.1 Å². The van der Waals surface area contributed by atoms with E-state index >= 15 is 0 Å². The summed E-state index contributed by atoms with van der Waals surface area (Å²) in [6, 6.07) is 10.9. The van der Waals surface area contributed by atoms with Crippen molar-refractivity contribution >= 4 is 29.0 Å². The van der Waals surface area contributed by atoms with E-state index in [1.807, 2.05) is 0 Å². The van der Waals surface area contributed by atoms with Gasteiger partial charge in [0.25, 0.3) is 5.69 Å². The van der Waals surface area contributed by atoms with Crippen LogP contribution in [0.3, 0.4) is 0 Å². The molecule has 0 bridgehead atoms. The van der Waals surface area contributed by atoms with Gasteiger partial charge in [-0.25, -0.2) is 0 Å². The van der Waals surface area contributed by atoms with Gasteiger partial charge >= 0.3 is 6.18 Å². The predicted octanol–water partition coefficient (Wildman–Crippen LogP) is 3.32. The summed E-state index contributed by atoms with van der Waals surface area (Å²) >= 11 is 0.923. The van der Waals surface area contributed by atoms with Gasteiger partial charge in [0, 0.05) is 12.1 Å². The SMILES string of the molecule is O=C(CSc1nnnn1-c1ccccc1)Nc1ccc([N+](=O)[O-])cc1C(F)(F)F. The van der Waals surface area contributed by atoms with E-state index in [4.69, 9.17) is 0 Å². The average molecular weight is 424 g/mol. The Morgan fingerprint density at radius 3 is 2.59 bits per heavy atom. The van der Waals surface area contributed by atoms with Crippen molar-refractivity contribution in [1.82, 2.24) is 20.2 Å². The third-order valence-electron chi connectivity index (χ3n) is 3.57. The molecule has 0 spiro atoms. The topological polar surface area (TPSA) is 116 Å². The molecule has 3 rings (SSSR count). The van der Waals surface area contributed by atoms with Gasteiger partial charge in [-0.2, -0.15) is 17.9 Å². The van der Waals surface area contributed by atoms with E-state index in [0.717, 1.165) is 23.9 Å². The number of para-hydroxylation sites is 1. The van der Waals surface area contributed by atoms with E-state index in [1.165, 1.54) is 4.68 Å². The highest BCUT2D eigenvalue weighted by atomic mass is 32.2. The highest BCUT2D eigenvalue weighted by Crippen LogP contribution is 2.37. The van der Waals surface area contributed by atoms with Gasteiger partial charge in [-0.15, -0.1) is 5.10 Å². The molecule has 0 saturated heterocycles. The minimum atomic E-state index is -4.88. The van der Waals surface area contributed by atoms with Crippen LogP contribution in [0.2, 0.25) is 0 Å². The zero-order valence-electron chi connectivity index (χ0n) is 14.3. The monoisotopic (exact) mass is 424 g/mol. The molecule has 0 aliphatic carbocycles. The standard InChI is InChI=1S/C16H11F3N6O3S/c17-16(18,19)12-8-11(25(27)28)6-7-13(12)20-14(26)9-29-15-21-22-23-24(15)10-4-2-1-3-5-10/h1-8H,9H2,(H,20,26). The number of rotatable bonds is 6. The molecule has 0 saturated carbocycles. The lowest BCUT2D eigenvalue weighted by molar-refractivity contribution is -0.385. The molecule has 29 heavy (non-hydrogen) atoms. The molecule has 0 unspecified atom stereocenters. The van der Waals surface area contributed by atoms with E-state index in [-0.39, 0.29) is 10.9 Å². The van der Waals surface area contributed by atoms with Gasteiger partial charge in [0.15, 0.2) is 0 Å².